The molecule has 25 heavy (non-hydrogen) atoms. The highest BCUT2D eigenvalue weighted by molar-refractivity contribution is 7.99. The minimum absolute atomic E-state index is 0.131. The molecule has 7 heteroatoms. The average molecular weight is 361 g/mol. The van der Waals surface area contributed by atoms with Crippen LogP contribution in [0.4, 0.5) is 14.5 Å². The number of carbonyl (C=O) groups is 1. The highest BCUT2D eigenvalue weighted by Gasteiger charge is 2.13. The Kier molecular flexibility index (Phi) is 5.33. The molecule has 1 aromatic heterocycles. The number of nitrogens with one attached hydrogen (secondary N) is 1. The first kappa shape index (κ1) is 17.4. The van der Waals surface area contributed by atoms with E-state index in [-0.39, 0.29) is 17.3 Å². The normalized spacial score (nSPS) is 11.0. The highest BCUT2D eigenvalue weighted by atomic mass is 32.2. The summed E-state index contributed by atoms with van der Waals surface area (Å²) in [5.41, 5.74) is 2.15. The van der Waals surface area contributed by atoms with Crippen LogP contribution in [0.25, 0.3) is 11.0 Å². The van der Waals surface area contributed by atoms with Gasteiger partial charge in [-0.25, -0.2) is 13.8 Å². The van der Waals surface area contributed by atoms with Crippen LogP contribution in [0.5, 0.6) is 0 Å². The number of carbonyl (C=O) groups excluding carboxylic acids is 1. The summed E-state index contributed by atoms with van der Waals surface area (Å²) in [7, 11) is 0. The summed E-state index contributed by atoms with van der Waals surface area (Å²) in [5, 5.41) is 3.33. The summed E-state index contributed by atoms with van der Waals surface area (Å²) in [6.45, 7) is 2.90. The smallest absolute Gasteiger partial charge is 0.234 e. The van der Waals surface area contributed by atoms with Crippen molar-refractivity contribution in [3.8, 4) is 0 Å². The molecule has 0 aliphatic heterocycles. The van der Waals surface area contributed by atoms with E-state index in [4.69, 9.17) is 0 Å². The predicted octanol–water partition coefficient (Wildman–Crippen LogP) is 4.46. The molecule has 0 saturated heterocycles. The zero-order valence-corrected chi connectivity index (χ0v) is 14.4. The summed E-state index contributed by atoms with van der Waals surface area (Å²) < 4.78 is 28.2. The van der Waals surface area contributed by atoms with Crippen molar-refractivity contribution in [2.75, 3.05) is 11.1 Å². The molecule has 3 aromatic rings. The van der Waals surface area contributed by atoms with Crippen molar-refractivity contribution in [1.29, 1.82) is 0 Å². The van der Waals surface area contributed by atoms with Gasteiger partial charge < -0.3 is 9.88 Å². The number of thioether (sulfide) groups is 1. The van der Waals surface area contributed by atoms with Gasteiger partial charge in [0.2, 0.25) is 5.91 Å². The van der Waals surface area contributed by atoms with E-state index in [0.717, 1.165) is 41.3 Å². The maximum absolute atomic E-state index is 13.2. The van der Waals surface area contributed by atoms with Crippen molar-refractivity contribution in [1.82, 2.24) is 9.55 Å². The summed E-state index contributed by atoms with van der Waals surface area (Å²) in [4.78, 5) is 16.7. The summed E-state index contributed by atoms with van der Waals surface area (Å²) >= 11 is 1.32. The van der Waals surface area contributed by atoms with Crippen LogP contribution in [-0.2, 0) is 11.3 Å². The van der Waals surface area contributed by atoms with Crippen molar-refractivity contribution in [2.24, 2.45) is 0 Å². The molecule has 0 spiro atoms. The lowest BCUT2D eigenvalue weighted by Gasteiger charge is -2.08. The summed E-state index contributed by atoms with van der Waals surface area (Å²) in [5.74, 6) is -2.10. The van der Waals surface area contributed by atoms with E-state index in [0.29, 0.717) is 0 Å². The Morgan fingerprint density at radius 2 is 2.00 bits per heavy atom. The van der Waals surface area contributed by atoms with E-state index >= 15 is 0 Å². The summed E-state index contributed by atoms with van der Waals surface area (Å²) in [6, 6.07) is 11.1. The second-order valence-corrected chi connectivity index (χ2v) is 6.44. The number of anilines is 1. The molecule has 0 saturated carbocycles. The van der Waals surface area contributed by atoms with Gasteiger partial charge in [-0.3, -0.25) is 4.79 Å². The number of fused-ring (bicyclic) bond motifs is 1. The molecular formula is C18H17F2N3OS. The van der Waals surface area contributed by atoms with Crippen LogP contribution in [0.1, 0.15) is 13.3 Å². The monoisotopic (exact) mass is 361 g/mol. The average Bonchev–Trinajstić information content (AvgIpc) is 2.95. The number of imidazole rings is 1. The van der Waals surface area contributed by atoms with E-state index < -0.39 is 11.6 Å². The molecule has 0 bridgehead atoms. The topological polar surface area (TPSA) is 46.9 Å². The SMILES string of the molecule is CCCn1c(SCC(=O)Nc2ccc(F)c(F)c2)nc2ccccc21. The van der Waals surface area contributed by atoms with Crippen molar-refractivity contribution < 1.29 is 13.6 Å². The Hall–Kier alpha value is -2.41. The molecule has 3 rings (SSSR count). The molecule has 4 nitrogen and oxygen atoms in total. The van der Waals surface area contributed by atoms with Crippen LogP contribution in [0, 0.1) is 11.6 Å². The minimum atomic E-state index is -0.991. The van der Waals surface area contributed by atoms with Gasteiger partial charge in [0.1, 0.15) is 0 Å². The molecule has 1 amide bonds. The number of rotatable bonds is 6. The van der Waals surface area contributed by atoms with Gasteiger partial charge in [-0.05, 0) is 30.7 Å². The lowest BCUT2D eigenvalue weighted by Crippen LogP contribution is -2.15. The number of benzene rings is 2. The van der Waals surface area contributed by atoms with Gasteiger partial charge in [-0.1, -0.05) is 30.8 Å². The van der Waals surface area contributed by atoms with Crippen LogP contribution in [0.2, 0.25) is 0 Å². The molecule has 0 atom stereocenters. The van der Waals surface area contributed by atoms with Gasteiger partial charge in [0.15, 0.2) is 16.8 Å². The predicted molar refractivity (Wildman–Crippen MR) is 95.7 cm³/mol. The van der Waals surface area contributed by atoms with Crippen molar-refractivity contribution in [2.45, 2.75) is 25.0 Å². The quantitative estimate of drug-likeness (QED) is 0.660. The Bertz CT molecular complexity index is 910. The lowest BCUT2D eigenvalue weighted by atomic mass is 10.3. The summed E-state index contributed by atoms with van der Waals surface area (Å²) in [6.07, 6.45) is 0.953. The van der Waals surface area contributed by atoms with Crippen molar-refractivity contribution in [3.05, 3.63) is 54.1 Å². The second kappa shape index (κ2) is 7.65. The number of nitrogens with zero attached hydrogens (tertiary/aromatic N) is 2. The van der Waals surface area contributed by atoms with E-state index in [1.54, 1.807) is 0 Å². The molecule has 2 aromatic carbocycles. The lowest BCUT2D eigenvalue weighted by molar-refractivity contribution is -0.113. The Balaban J connectivity index is 1.70. The molecular weight excluding hydrogens is 344 g/mol. The number of hydrogen-bond acceptors (Lipinski definition) is 3. The van der Waals surface area contributed by atoms with Crippen LogP contribution < -0.4 is 5.32 Å². The molecule has 0 unspecified atom stereocenters. The van der Waals surface area contributed by atoms with Crippen molar-refractivity contribution in [3.63, 3.8) is 0 Å². The maximum Gasteiger partial charge on any atom is 0.234 e. The minimum Gasteiger partial charge on any atom is -0.325 e. The van der Waals surface area contributed by atoms with Crippen molar-refractivity contribution >= 4 is 34.4 Å². The number of aromatic nitrogens is 2. The van der Waals surface area contributed by atoms with Gasteiger partial charge in [-0.2, -0.15) is 0 Å². The van der Waals surface area contributed by atoms with E-state index in [2.05, 4.69) is 21.8 Å². The van der Waals surface area contributed by atoms with Crippen LogP contribution in [-0.4, -0.2) is 21.2 Å². The molecule has 1 heterocycles. The van der Waals surface area contributed by atoms with Gasteiger partial charge in [0, 0.05) is 18.3 Å². The maximum atomic E-state index is 13.2. The van der Waals surface area contributed by atoms with E-state index in [1.807, 2.05) is 24.3 Å². The number of amides is 1. The first-order valence-electron chi connectivity index (χ1n) is 7.91. The van der Waals surface area contributed by atoms with E-state index in [1.165, 1.54) is 17.8 Å². The first-order valence-corrected chi connectivity index (χ1v) is 8.90. The Morgan fingerprint density at radius 1 is 1.20 bits per heavy atom. The molecule has 0 aliphatic rings. The molecule has 0 aliphatic carbocycles. The number of para-hydroxylation sites is 2. The van der Waals surface area contributed by atoms with Gasteiger partial charge >= 0.3 is 0 Å². The molecule has 1 N–H and O–H groups in total. The van der Waals surface area contributed by atoms with E-state index in [9.17, 15) is 13.6 Å². The number of aryl methyl sites for hydroxylation is 1. The second-order valence-electron chi connectivity index (χ2n) is 5.50. The molecule has 130 valence electrons. The van der Waals surface area contributed by atoms with Gasteiger partial charge in [0.05, 0.1) is 16.8 Å². The fraction of sp³-hybridized carbons (Fsp3) is 0.222. The standard InChI is InChI=1S/C18H17F2N3OS/c1-2-9-23-16-6-4-3-5-15(16)22-18(23)25-11-17(24)21-12-7-8-13(19)14(20)10-12/h3-8,10H,2,9,11H2,1H3,(H,21,24). The fourth-order valence-corrected chi connectivity index (χ4v) is 3.35. The third-order valence-electron chi connectivity index (χ3n) is 3.60. The van der Waals surface area contributed by atoms with Crippen LogP contribution in [0.15, 0.2) is 47.6 Å². The van der Waals surface area contributed by atoms with Gasteiger partial charge in [-0.15, -0.1) is 0 Å². The third-order valence-corrected chi connectivity index (χ3v) is 4.58. The number of halogens is 2. The first-order chi connectivity index (χ1) is 12.1. The van der Waals surface area contributed by atoms with Crippen LogP contribution in [0.3, 0.4) is 0 Å². The molecule has 0 radical (unpaired) electrons. The highest BCUT2D eigenvalue weighted by Crippen LogP contribution is 2.24. The third kappa shape index (κ3) is 3.99. The number of hydrogen-bond donors (Lipinski definition) is 1. The van der Waals surface area contributed by atoms with Gasteiger partial charge in [0.25, 0.3) is 0 Å². The Morgan fingerprint density at radius 3 is 2.76 bits per heavy atom. The zero-order chi connectivity index (χ0) is 17.8. The Labute approximate surface area is 148 Å². The fourth-order valence-electron chi connectivity index (χ4n) is 2.50. The van der Waals surface area contributed by atoms with Crippen LogP contribution >= 0.6 is 11.8 Å². The largest absolute Gasteiger partial charge is 0.325 e. The zero-order valence-electron chi connectivity index (χ0n) is 13.6. The molecule has 0 fully saturated rings.